The molecule has 34 heavy (non-hydrogen) atoms. The molecule has 0 spiro atoms. The number of nitrogens with zero attached hydrogens (tertiary/aromatic N) is 6. The maximum Gasteiger partial charge on any atom is 0.253 e. The van der Waals surface area contributed by atoms with Crippen LogP contribution < -0.4 is 5.32 Å². The van der Waals surface area contributed by atoms with E-state index >= 15 is 0 Å². The maximum absolute atomic E-state index is 12.9. The first-order valence-electron chi connectivity index (χ1n) is 11.8. The Morgan fingerprint density at radius 1 is 0.971 bits per heavy atom. The Bertz CT molecular complexity index is 994. The molecule has 0 radical (unpaired) electrons. The quantitative estimate of drug-likeness (QED) is 0.624. The molecule has 4 rings (SSSR count). The van der Waals surface area contributed by atoms with E-state index < -0.39 is 0 Å². The molecule has 2 aliphatic heterocycles. The molecular weight excluding hydrogens is 454 g/mol. The number of aryl methyl sites for hydroxylation is 1. The van der Waals surface area contributed by atoms with Crippen LogP contribution in [0.25, 0.3) is 0 Å². The smallest absolute Gasteiger partial charge is 0.253 e. The molecule has 3 heterocycles. The zero-order valence-electron chi connectivity index (χ0n) is 19.5. The average Bonchev–Trinajstić information content (AvgIpc) is 3.09. The van der Waals surface area contributed by atoms with Crippen LogP contribution in [0.5, 0.6) is 0 Å². The van der Waals surface area contributed by atoms with Gasteiger partial charge in [-0.1, -0.05) is 24.6 Å². The molecule has 0 aliphatic carbocycles. The van der Waals surface area contributed by atoms with E-state index in [1.165, 1.54) is 29.3 Å². The minimum atomic E-state index is -0.178. The summed E-state index contributed by atoms with van der Waals surface area (Å²) in [6, 6.07) is 6.92. The molecule has 0 atom stereocenters. The fraction of sp³-hybridized carbons (Fsp3) is 0.565. The summed E-state index contributed by atoms with van der Waals surface area (Å²) in [6.45, 7) is 2.93. The van der Waals surface area contributed by atoms with Crippen LogP contribution >= 0.6 is 11.8 Å². The van der Waals surface area contributed by atoms with Gasteiger partial charge in [-0.05, 0) is 60.4 Å². The number of amides is 3. The normalized spacial score (nSPS) is 17.3. The van der Waals surface area contributed by atoms with Crippen molar-refractivity contribution in [1.29, 1.82) is 0 Å². The van der Waals surface area contributed by atoms with E-state index in [0.29, 0.717) is 42.3 Å². The van der Waals surface area contributed by atoms with Gasteiger partial charge in [0.1, 0.15) is 0 Å². The van der Waals surface area contributed by atoms with E-state index in [-0.39, 0.29) is 29.4 Å². The summed E-state index contributed by atoms with van der Waals surface area (Å²) in [7, 11) is 1.71. The maximum atomic E-state index is 12.9. The number of tetrazole rings is 1. The van der Waals surface area contributed by atoms with Crippen molar-refractivity contribution in [3.63, 3.8) is 0 Å². The number of aromatic nitrogens is 4. The van der Waals surface area contributed by atoms with Crippen LogP contribution in [-0.4, -0.2) is 79.7 Å². The molecule has 3 amide bonds. The number of rotatable bonds is 6. The molecule has 1 aromatic heterocycles. The van der Waals surface area contributed by atoms with Gasteiger partial charge in [0.15, 0.2) is 0 Å². The minimum absolute atomic E-state index is 0.0231. The van der Waals surface area contributed by atoms with E-state index in [2.05, 4.69) is 20.8 Å². The van der Waals surface area contributed by atoms with Crippen molar-refractivity contribution in [3.8, 4) is 0 Å². The van der Waals surface area contributed by atoms with Crippen LogP contribution in [0, 0.1) is 5.92 Å². The minimum Gasteiger partial charge on any atom is -0.342 e. The third kappa shape index (κ3) is 6.13. The standard InChI is InChI=1S/C23H31N7O3S/c1-28-23(25-26-27-28)34-16-20(31)24-19-8-6-17(7-9-19)21(32)30-14-10-18(11-15-30)22(33)29-12-4-2-3-5-13-29/h6-9,18H,2-5,10-16H2,1H3,(H,24,31). The SMILES string of the molecule is Cn1nnnc1SCC(=O)Nc1ccc(C(=O)N2CCC(C(=O)N3CCCCCC3)CC2)cc1. The Kier molecular flexibility index (Phi) is 8.15. The molecule has 2 saturated heterocycles. The summed E-state index contributed by atoms with van der Waals surface area (Å²) in [5, 5.41) is 14.5. The second-order valence-corrected chi connectivity index (χ2v) is 9.75. The molecule has 1 aromatic carbocycles. The van der Waals surface area contributed by atoms with Gasteiger partial charge >= 0.3 is 0 Å². The molecule has 2 fully saturated rings. The predicted octanol–water partition coefficient (Wildman–Crippen LogP) is 2.20. The van der Waals surface area contributed by atoms with Gasteiger partial charge < -0.3 is 15.1 Å². The number of carbonyl (C=O) groups is 3. The Morgan fingerprint density at radius 2 is 1.65 bits per heavy atom. The summed E-state index contributed by atoms with van der Waals surface area (Å²) in [6.07, 6.45) is 6.04. The summed E-state index contributed by atoms with van der Waals surface area (Å²) < 4.78 is 1.51. The number of hydrogen-bond acceptors (Lipinski definition) is 7. The lowest BCUT2D eigenvalue weighted by molar-refractivity contribution is -0.136. The van der Waals surface area contributed by atoms with Gasteiger partial charge in [-0.25, -0.2) is 4.68 Å². The molecule has 2 aliphatic rings. The van der Waals surface area contributed by atoms with Crippen LogP contribution in [0.4, 0.5) is 5.69 Å². The Hall–Kier alpha value is -2.95. The molecule has 2 aromatic rings. The number of piperidine rings is 1. The lowest BCUT2D eigenvalue weighted by Gasteiger charge is -2.34. The number of hydrogen-bond donors (Lipinski definition) is 1. The number of benzene rings is 1. The van der Waals surface area contributed by atoms with Crippen LogP contribution in [0.2, 0.25) is 0 Å². The van der Waals surface area contributed by atoms with Crippen LogP contribution in [-0.2, 0) is 16.6 Å². The highest BCUT2D eigenvalue weighted by Crippen LogP contribution is 2.23. The zero-order chi connectivity index (χ0) is 23.9. The van der Waals surface area contributed by atoms with Crippen LogP contribution in [0.1, 0.15) is 48.9 Å². The van der Waals surface area contributed by atoms with Crippen molar-refractivity contribution in [1.82, 2.24) is 30.0 Å². The summed E-state index contributed by atoms with van der Waals surface area (Å²) in [5.74, 6) is 0.254. The average molecular weight is 486 g/mol. The van der Waals surface area contributed by atoms with Gasteiger partial charge in [0, 0.05) is 50.4 Å². The van der Waals surface area contributed by atoms with Gasteiger partial charge in [-0.2, -0.15) is 0 Å². The number of nitrogens with one attached hydrogen (secondary N) is 1. The molecule has 0 saturated carbocycles. The predicted molar refractivity (Wildman–Crippen MR) is 128 cm³/mol. The van der Waals surface area contributed by atoms with Crippen molar-refractivity contribution in [2.45, 2.75) is 43.7 Å². The Morgan fingerprint density at radius 3 is 2.26 bits per heavy atom. The summed E-state index contributed by atoms with van der Waals surface area (Å²) in [5.41, 5.74) is 1.20. The third-order valence-electron chi connectivity index (χ3n) is 6.38. The molecular formula is C23H31N7O3S. The molecule has 0 unspecified atom stereocenters. The molecule has 1 N–H and O–H groups in total. The second kappa shape index (κ2) is 11.5. The van der Waals surface area contributed by atoms with E-state index in [0.717, 1.165) is 25.9 Å². The van der Waals surface area contributed by atoms with E-state index in [1.807, 2.05) is 9.80 Å². The summed E-state index contributed by atoms with van der Waals surface area (Å²) in [4.78, 5) is 41.9. The van der Waals surface area contributed by atoms with Crippen molar-refractivity contribution in [2.24, 2.45) is 13.0 Å². The lowest BCUT2D eigenvalue weighted by Crippen LogP contribution is -2.44. The first kappa shape index (κ1) is 24.2. The molecule has 0 bridgehead atoms. The first-order valence-corrected chi connectivity index (χ1v) is 12.8. The molecule has 182 valence electrons. The van der Waals surface area contributed by atoms with E-state index in [4.69, 9.17) is 0 Å². The number of thioether (sulfide) groups is 1. The Balaban J connectivity index is 1.24. The molecule has 11 heteroatoms. The van der Waals surface area contributed by atoms with Gasteiger partial charge in [0.2, 0.25) is 17.0 Å². The first-order chi connectivity index (χ1) is 16.5. The van der Waals surface area contributed by atoms with Gasteiger partial charge in [-0.15, -0.1) is 5.10 Å². The number of anilines is 1. The van der Waals surface area contributed by atoms with Gasteiger partial charge in [0.25, 0.3) is 5.91 Å². The van der Waals surface area contributed by atoms with E-state index in [1.54, 1.807) is 31.3 Å². The fourth-order valence-electron chi connectivity index (χ4n) is 4.43. The second-order valence-electron chi connectivity index (χ2n) is 8.81. The van der Waals surface area contributed by atoms with Crippen molar-refractivity contribution in [2.75, 3.05) is 37.2 Å². The highest BCUT2D eigenvalue weighted by atomic mass is 32.2. The van der Waals surface area contributed by atoms with Crippen molar-refractivity contribution in [3.05, 3.63) is 29.8 Å². The van der Waals surface area contributed by atoms with Crippen molar-refractivity contribution >= 4 is 35.2 Å². The zero-order valence-corrected chi connectivity index (χ0v) is 20.3. The van der Waals surface area contributed by atoms with Crippen LogP contribution in [0.15, 0.2) is 29.4 Å². The van der Waals surface area contributed by atoms with Crippen molar-refractivity contribution < 1.29 is 14.4 Å². The monoisotopic (exact) mass is 485 g/mol. The highest BCUT2D eigenvalue weighted by molar-refractivity contribution is 7.99. The largest absolute Gasteiger partial charge is 0.342 e. The fourth-order valence-corrected chi connectivity index (χ4v) is 5.08. The van der Waals surface area contributed by atoms with Gasteiger partial charge in [0.05, 0.1) is 5.75 Å². The summed E-state index contributed by atoms with van der Waals surface area (Å²) >= 11 is 1.25. The van der Waals surface area contributed by atoms with Gasteiger partial charge in [-0.3, -0.25) is 14.4 Å². The number of likely N-dealkylation sites (tertiary alicyclic amines) is 2. The number of carbonyl (C=O) groups excluding carboxylic acids is 3. The topological polar surface area (TPSA) is 113 Å². The highest BCUT2D eigenvalue weighted by Gasteiger charge is 2.30. The van der Waals surface area contributed by atoms with Crippen LogP contribution in [0.3, 0.4) is 0 Å². The Labute approximate surface area is 203 Å². The molecule has 10 nitrogen and oxygen atoms in total. The lowest BCUT2D eigenvalue weighted by atomic mass is 9.94. The third-order valence-corrected chi connectivity index (χ3v) is 7.39. The van der Waals surface area contributed by atoms with E-state index in [9.17, 15) is 14.4 Å².